The van der Waals surface area contributed by atoms with Gasteiger partial charge in [0.1, 0.15) is 0 Å². The molecule has 4 atom stereocenters. The highest BCUT2D eigenvalue weighted by Gasteiger charge is 2.23. The third-order valence-corrected chi connectivity index (χ3v) is 5.62. The number of halogens is 2. The average Bonchev–Trinajstić information content (AvgIpc) is 2.65. The van der Waals surface area contributed by atoms with E-state index in [0.717, 1.165) is 38.5 Å². The van der Waals surface area contributed by atoms with Gasteiger partial charge in [-0.25, -0.2) is 0 Å². The van der Waals surface area contributed by atoms with Gasteiger partial charge in [-0.2, -0.15) is 0 Å². The molecule has 0 saturated carbocycles. The van der Waals surface area contributed by atoms with E-state index in [1.165, 1.54) is 11.1 Å². The largest absolute Gasteiger partial charge is 0.353 e. The van der Waals surface area contributed by atoms with Crippen molar-refractivity contribution < 1.29 is 14.2 Å². The molecule has 0 amide bonds. The molecule has 0 heterocycles. The number of allylic oxidation sites excluding steroid dienone is 4. The lowest BCUT2D eigenvalue weighted by atomic mass is 9.99. The van der Waals surface area contributed by atoms with Crippen LogP contribution in [0.2, 0.25) is 0 Å². The highest BCUT2D eigenvalue weighted by Crippen LogP contribution is 2.24. The van der Waals surface area contributed by atoms with Crippen LogP contribution in [0.25, 0.3) is 0 Å². The first-order valence-corrected chi connectivity index (χ1v) is 12.2. The second kappa shape index (κ2) is 18.7. The summed E-state index contributed by atoms with van der Waals surface area (Å²) in [6.07, 6.45) is 9.61. The fraction of sp³-hybridized carbons (Fsp3) is 0.833. The number of hydrogen-bond acceptors (Lipinski definition) is 3. The molecule has 0 radical (unpaired) electrons. The van der Waals surface area contributed by atoms with Crippen LogP contribution in [-0.4, -0.2) is 37.6 Å². The predicted octanol–water partition coefficient (Wildman–Crippen LogP) is 7.71. The maximum atomic E-state index is 6.26. The standard InChI is InChI=1S/C24H44Cl2O3/c1-7-27-23(15-21(17-25)13-9-11-19(3)4)29-24(28-8-2)16-22(18-26)14-10-12-20(5)6/h11-12,21-24H,7-10,13-18H2,1-6H3. The minimum absolute atomic E-state index is 0.305. The first kappa shape index (κ1) is 28.9. The molecule has 0 aliphatic heterocycles. The summed E-state index contributed by atoms with van der Waals surface area (Å²) < 4.78 is 18.0. The Morgan fingerprint density at radius 3 is 1.38 bits per heavy atom. The summed E-state index contributed by atoms with van der Waals surface area (Å²) in [5.41, 5.74) is 2.68. The Labute approximate surface area is 190 Å². The Morgan fingerprint density at radius 1 is 0.724 bits per heavy atom. The van der Waals surface area contributed by atoms with Gasteiger partial charge in [0.2, 0.25) is 0 Å². The zero-order valence-electron chi connectivity index (χ0n) is 19.5. The van der Waals surface area contributed by atoms with E-state index in [0.29, 0.717) is 36.8 Å². The summed E-state index contributed by atoms with van der Waals surface area (Å²) in [7, 11) is 0. The van der Waals surface area contributed by atoms with Crippen LogP contribution in [0, 0.1) is 11.8 Å². The van der Waals surface area contributed by atoms with Gasteiger partial charge >= 0.3 is 0 Å². The maximum Gasteiger partial charge on any atom is 0.161 e. The van der Waals surface area contributed by atoms with Crippen molar-refractivity contribution in [2.24, 2.45) is 11.8 Å². The van der Waals surface area contributed by atoms with E-state index in [1.807, 2.05) is 13.8 Å². The minimum Gasteiger partial charge on any atom is -0.353 e. The quantitative estimate of drug-likeness (QED) is 0.121. The molecular formula is C24H44Cl2O3. The van der Waals surface area contributed by atoms with Crippen LogP contribution in [0.15, 0.2) is 23.3 Å². The van der Waals surface area contributed by atoms with Crippen molar-refractivity contribution in [1.29, 1.82) is 0 Å². The lowest BCUT2D eigenvalue weighted by molar-refractivity contribution is -0.252. The van der Waals surface area contributed by atoms with E-state index in [9.17, 15) is 0 Å². The van der Waals surface area contributed by atoms with Gasteiger partial charge < -0.3 is 14.2 Å². The van der Waals surface area contributed by atoms with Gasteiger partial charge in [0.15, 0.2) is 12.6 Å². The first-order valence-electron chi connectivity index (χ1n) is 11.1. The smallest absolute Gasteiger partial charge is 0.161 e. The monoisotopic (exact) mass is 450 g/mol. The fourth-order valence-corrected chi connectivity index (χ4v) is 3.70. The molecule has 5 heteroatoms. The van der Waals surface area contributed by atoms with Crippen LogP contribution in [0.3, 0.4) is 0 Å². The van der Waals surface area contributed by atoms with Gasteiger partial charge in [0, 0.05) is 37.8 Å². The zero-order chi connectivity index (χ0) is 22.1. The van der Waals surface area contributed by atoms with Crippen molar-refractivity contribution >= 4 is 23.2 Å². The molecule has 29 heavy (non-hydrogen) atoms. The van der Waals surface area contributed by atoms with Crippen molar-refractivity contribution in [2.75, 3.05) is 25.0 Å². The van der Waals surface area contributed by atoms with Crippen molar-refractivity contribution in [3.8, 4) is 0 Å². The summed E-state index contributed by atoms with van der Waals surface area (Å²) in [5, 5.41) is 0. The second-order valence-corrected chi connectivity index (χ2v) is 8.75. The number of rotatable bonds is 18. The summed E-state index contributed by atoms with van der Waals surface area (Å²) in [6.45, 7) is 13.7. The van der Waals surface area contributed by atoms with Crippen molar-refractivity contribution in [2.45, 2.75) is 92.6 Å². The molecule has 0 aliphatic rings. The molecule has 0 aromatic carbocycles. The normalized spacial score (nSPS) is 15.4. The molecule has 0 aliphatic carbocycles. The molecule has 0 bridgehead atoms. The maximum absolute atomic E-state index is 6.26. The van der Waals surface area contributed by atoms with E-state index in [4.69, 9.17) is 37.4 Å². The topological polar surface area (TPSA) is 27.7 Å². The highest BCUT2D eigenvalue weighted by molar-refractivity contribution is 6.18. The Balaban J connectivity index is 4.85. The Morgan fingerprint density at radius 2 is 1.10 bits per heavy atom. The lowest BCUT2D eigenvalue weighted by Gasteiger charge is -2.29. The number of alkyl halides is 2. The van der Waals surface area contributed by atoms with E-state index in [2.05, 4.69) is 39.8 Å². The van der Waals surface area contributed by atoms with Crippen molar-refractivity contribution in [1.82, 2.24) is 0 Å². The van der Waals surface area contributed by atoms with Crippen LogP contribution in [0.1, 0.15) is 80.1 Å². The average molecular weight is 452 g/mol. The lowest BCUT2D eigenvalue weighted by Crippen LogP contribution is -2.31. The molecule has 0 spiro atoms. The van der Waals surface area contributed by atoms with Crippen LogP contribution < -0.4 is 0 Å². The highest BCUT2D eigenvalue weighted by atomic mass is 35.5. The third-order valence-electron chi connectivity index (χ3n) is 4.75. The Hall–Kier alpha value is -0.0600. The Kier molecular flexibility index (Phi) is 18.6. The molecule has 0 aromatic heterocycles. The molecular weight excluding hydrogens is 407 g/mol. The van der Waals surface area contributed by atoms with Crippen LogP contribution in [0.4, 0.5) is 0 Å². The third kappa shape index (κ3) is 16.3. The van der Waals surface area contributed by atoms with Gasteiger partial charge in [-0.15, -0.1) is 23.2 Å². The fourth-order valence-electron chi connectivity index (χ4n) is 3.14. The summed E-state index contributed by atoms with van der Waals surface area (Å²) in [5.74, 6) is 1.92. The number of hydrogen-bond donors (Lipinski definition) is 0. The van der Waals surface area contributed by atoms with Gasteiger partial charge in [0.05, 0.1) is 0 Å². The predicted molar refractivity (Wildman–Crippen MR) is 127 cm³/mol. The van der Waals surface area contributed by atoms with Gasteiger partial charge in [-0.3, -0.25) is 0 Å². The summed E-state index contributed by atoms with van der Waals surface area (Å²) in [4.78, 5) is 0. The molecule has 172 valence electrons. The zero-order valence-corrected chi connectivity index (χ0v) is 21.0. The SMILES string of the molecule is CCOC(CC(CCl)CCC=C(C)C)OC(CC(CCl)CCC=C(C)C)OCC. The number of ether oxygens (including phenoxy) is 3. The van der Waals surface area contributed by atoms with Gasteiger partial charge in [-0.05, 0) is 79.1 Å². The van der Waals surface area contributed by atoms with Gasteiger partial charge in [-0.1, -0.05) is 23.3 Å². The molecule has 0 N–H and O–H groups in total. The van der Waals surface area contributed by atoms with Crippen LogP contribution in [-0.2, 0) is 14.2 Å². The summed E-state index contributed by atoms with van der Waals surface area (Å²) in [6, 6.07) is 0. The minimum atomic E-state index is -0.305. The molecule has 0 rings (SSSR count). The Bertz CT molecular complexity index is 403. The van der Waals surface area contributed by atoms with E-state index < -0.39 is 0 Å². The molecule has 4 unspecified atom stereocenters. The van der Waals surface area contributed by atoms with E-state index in [1.54, 1.807) is 0 Å². The van der Waals surface area contributed by atoms with Crippen molar-refractivity contribution in [3.63, 3.8) is 0 Å². The first-order chi connectivity index (χ1) is 13.9. The molecule has 0 fully saturated rings. The van der Waals surface area contributed by atoms with Crippen LogP contribution in [0.5, 0.6) is 0 Å². The second-order valence-electron chi connectivity index (χ2n) is 8.14. The molecule has 3 nitrogen and oxygen atoms in total. The summed E-state index contributed by atoms with van der Waals surface area (Å²) >= 11 is 12.5. The van der Waals surface area contributed by atoms with Gasteiger partial charge in [0.25, 0.3) is 0 Å². The van der Waals surface area contributed by atoms with Crippen molar-refractivity contribution in [3.05, 3.63) is 23.3 Å². The molecule has 0 aromatic rings. The van der Waals surface area contributed by atoms with E-state index >= 15 is 0 Å². The van der Waals surface area contributed by atoms with E-state index in [-0.39, 0.29) is 12.6 Å². The van der Waals surface area contributed by atoms with Crippen LogP contribution >= 0.6 is 23.2 Å². The molecule has 0 saturated heterocycles.